The number of nitro groups is 1. The van der Waals surface area contributed by atoms with E-state index in [0.29, 0.717) is 23.4 Å². The third-order valence-electron chi connectivity index (χ3n) is 2.90. The fourth-order valence-corrected chi connectivity index (χ4v) is 1.94. The maximum absolute atomic E-state index is 10.6. The molecule has 1 saturated carbocycles. The summed E-state index contributed by atoms with van der Waals surface area (Å²) in [7, 11) is 0. The largest absolute Gasteiger partial charge is 0.484 e. The number of ether oxygens (including phenoxy) is 1. The van der Waals surface area contributed by atoms with Gasteiger partial charge in [-0.05, 0) is 18.9 Å². The predicted molar refractivity (Wildman–Crippen MR) is 68.7 cm³/mol. The Hall–Kier alpha value is -2.15. The molecular formula is C12H10ClN3O4. The molecule has 3 rings (SSSR count). The molecule has 1 aliphatic carbocycles. The maximum Gasteiger partial charge on any atom is 0.288 e. The van der Waals surface area contributed by atoms with Gasteiger partial charge in [-0.2, -0.15) is 4.98 Å². The van der Waals surface area contributed by atoms with Crippen LogP contribution in [-0.4, -0.2) is 15.1 Å². The lowest BCUT2D eigenvalue weighted by Crippen LogP contribution is -1.97. The molecule has 104 valence electrons. The van der Waals surface area contributed by atoms with Crippen molar-refractivity contribution < 1.29 is 14.2 Å². The Morgan fingerprint density at radius 2 is 2.30 bits per heavy atom. The number of rotatable bonds is 5. The fraction of sp³-hybridized carbons (Fsp3) is 0.333. The summed E-state index contributed by atoms with van der Waals surface area (Å²) in [5, 5.41) is 14.5. The predicted octanol–water partition coefficient (Wildman–Crippen LogP) is 3.09. The zero-order chi connectivity index (χ0) is 14.1. The Morgan fingerprint density at radius 1 is 1.50 bits per heavy atom. The monoisotopic (exact) mass is 295 g/mol. The standard InChI is InChI=1S/C12H10ClN3O4/c13-9-5-8(3-4-10(9)16(17)18)19-6-11-14-12(15-20-11)7-1-2-7/h3-5,7H,1-2,6H2. The van der Waals surface area contributed by atoms with Crippen molar-refractivity contribution >= 4 is 17.3 Å². The van der Waals surface area contributed by atoms with Crippen LogP contribution in [0.2, 0.25) is 5.02 Å². The molecule has 0 atom stereocenters. The number of aromatic nitrogens is 2. The highest BCUT2D eigenvalue weighted by molar-refractivity contribution is 6.32. The van der Waals surface area contributed by atoms with Crippen LogP contribution >= 0.6 is 11.6 Å². The molecule has 1 aliphatic rings. The van der Waals surface area contributed by atoms with Crippen LogP contribution in [0.25, 0.3) is 0 Å². The Labute approximate surface area is 118 Å². The number of hydrogen-bond acceptors (Lipinski definition) is 6. The molecule has 1 fully saturated rings. The van der Waals surface area contributed by atoms with E-state index in [1.165, 1.54) is 18.2 Å². The summed E-state index contributed by atoms with van der Waals surface area (Å²) in [5.74, 6) is 1.92. The fourth-order valence-electron chi connectivity index (χ4n) is 1.70. The van der Waals surface area contributed by atoms with Crippen LogP contribution in [-0.2, 0) is 6.61 Å². The third-order valence-corrected chi connectivity index (χ3v) is 3.21. The van der Waals surface area contributed by atoms with Crippen LogP contribution in [0.1, 0.15) is 30.5 Å². The molecule has 20 heavy (non-hydrogen) atoms. The third kappa shape index (κ3) is 2.72. The van der Waals surface area contributed by atoms with E-state index in [0.717, 1.165) is 12.8 Å². The van der Waals surface area contributed by atoms with Crippen molar-refractivity contribution in [2.45, 2.75) is 25.4 Å². The van der Waals surface area contributed by atoms with E-state index in [4.69, 9.17) is 20.9 Å². The number of hydrogen-bond donors (Lipinski definition) is 0. The van der Waals surface area contributed by atoms with Crippen LogP contribution in [0.5, 0.6) is 5.75 Å². The second-order valence-electron chi connectivity index (χ2n) is 4.48. The van der Waals surface area contributed by atoms with Crippen molar-refractivity contribution in [1.29, 1.82) is 0 Å². The smallest absolute Gasteiger partial charge is 0.288 e. The summed E-state index contributed by atoms with van der Waals surface area (Å²) in [5.41, 5.74) is -0.159. The van der Waals surface area contributed by atoms with Gasteiger partial charge in [0, 0.05) is 18.1 Å². The zero-order valence-corrected chi connectivity index (χ0v) is 11.0. The van der Waals surface area contributed by atoms with Crippen molar-refractivity contribution in [3.05, 3.63) is 45.1 Å². The van der Waals surface area contributed by atoms with Gasteiger partial charge in [0.1, 0.15) is 10.8 Å². The van der Waals surface area contributed by atoms with Gasteiger partial charge in [-0.15, -0.1) is 0 Å². The summed E-state index contributed by atoms with van der Waals surface area (Å²) >= 11 is 5.79. The summed E-state index contributed by atoms with van der Waals surface area (Å²) in [6.45, 7) is 0.105. The summed E-state index contributed by atoms with van der Waals surface area (Å²) in [6, 6.07) is 4.15. The van der Waals surface area contributed by atoms with Crippen molar-refractivity contribution in [2.75, 3.05) is 0 Å². The summed E-state index contributed by atoms with van der Waals surface area (Å²) in [6.07, 6.45) is 2.19. The molecule has 1 heterocycles. The van der Waals surface area contributed by atoms with Crippen molar-refractivity contribution in [3.8, 4) is 5.75 Å². The van der Waals surface area contributed by atoms with E-state index in [1.807, 2.05) is 0 Å². The second kappa shape index (κ2) is 5.09. The highest BCUT2D eigenvalue weighted by atomic mass is 35.5. The first-order valence-corrected chi connectivity index (χ1v) is 6.40. The second-order valence-corrected chi connectivity index (χ2v) is 4.89. The van der Waals surface area contributed by atoms with Gasteiger partial charge >= 0.3 is 0 Å². The maximum atomic E-state index is 10.6. The van der Waals surface area contributed by atoms with E-state index < -0.39 is 4.92 Å². The quantitative estimate of drug-likeness (QED) is 0.622. The van der Waals surface area contributed by atoms with E-state index in [1.54, 1.807) is 0 Å². The molecule has 0 unspecified atom stereocenters. The molecule has 2 aromatic rings. The number of halogens is 1. The van der Waals surface area contributed by atoms with Gasteiger partial charge in [-0.3, -0.25) is 10.1 Å². The zero-order valence-electron chi connectivity index (χ0n) is 10.3. The average molecular weight is 296 g/mol. The Morgan fingerprint density at radius 3 is 2.95 bits per heavy atom. The van der Waals surface area contributed by atoms with Gasteiger partial charge < -0.3 is 9.26 Å². The van der Waals surface area contributed by atoms with Crippen LogP contribution in [0.4, 0.5) is 5.69 Å². The van der Waals surface area contributed by atoms with Gasteiger partial charge in [0.15, 0.2) is 12.4 Å². The molecule has 0 radical (unpaired) electrons. The molecule has 0 bridgehead atoms. The van der Waals surface area contributed by atoms with Crippen molar-refractivity contribution in [3.63, 3.8) is 0 Å². The van der Waals surface area contributed by atoms with Gasteiger partial charge in [-0.25, -0.2) is 0 Å². The molecule has 1 aromatic heterocycles. The molecule has 0 saturated heterocycles. The lowest BCUT2D eigenvalue weighted by molar-refractivity contribution is -0.384. The first-order chi connectivity index (χ1) is 9.63. The minimum Gasteiger partial charge on any atom is -0.484 e. The molecule has 0 amide bonds. The van der Waals surface area contributed by atoms with Gasteiger partial charge in [-0.1, -0.05) is 16.8 Å². The minimum atomic E-state index is -0.550. The van der Waals surface area contributed by atoms with E-state index in [9.17, 15) is 10.1 Å². The van der Waals surface area contributed by atoms with Crippen molar-refractivity contribution in [1.82, 2.24) is 10.1 Å². The number of benzene rings is 1. The normalized spacial score (nSPS) is 14.2. The SMILES string of the molecule is O=[N+]([O-])c1ccc(OCc2nc(C3CC3)no2)cc1Cl. The van der Waals surface area contributed by atoms with Crippen LogP contribution in [0, 0.1) is 10.1 Å². The van der Waals surface area contributed by atoms with E-state index in [2.05, 4.69) is 10.1 Å². The lowest BCUT2D eigenvalue weighted by Gasteiger charge is -2.03. The average Bonchev–Trinajstić information content (AvgIpc) is 3.15. The Balaban J connectivity index is 1.65. The molecule has 0 spiro atoms. The highest BCUT2D eigenvalue weighted by Crippen LogP contribution is 2.38. The number of nitrogens with zero attached hydrogens (tertiary/aromatic N) is 3. The van der Waals surface area contributed by atoms with Gasteiger partial charge in [0.2, 0.25) is 0 Å². The molecule has 1 aromatic carbocycles. The molecule has 8 heteroatoms. The van der Waals surface area contributed by atoms with Crippen LogP contribution in [0.3, 0.4) is 0 Å². The highest BCUT2D eigenvalue weighted by Gasteiger charge is 2.28. The molecule has 7 nitrogen and oxygen atoms in total. The first-order valence-electron chi connectivity index (χ1n) is 6.02. The minimum absolute atomic E-state index is 0.0247. The Kier molecular flexibility index (Phi) is 3.27. The van der Waals surface area contributed by atoms with Gasteiger partial charge in [0.05, 0.1) is 4.92 Å². The molecular weight excluding hydrogens is 286 g/mol. The topological polar surface area (TPSA) is 91.3 Å². The lowest BCUT2D eigenvalue weighted by atomic mass is 10.3. The molecule has 0 aliphatic heterocycles. The number of nitro benzene ring substituents is 1. The Bertz CT molecular complexity index is 654. The van der Waals surface area contributed by atoms with Crippen LogP contribution < -0.4 is 4.74 Å². The van der Waals surface area contributed by atoms with Crippen LogP contribution in [0.15, 0.2) is 22.7 Å². The first kappa shape index (κ1) is 12.9. The van der Waals surface area contributed by atoms with E-state index >= 15 is 0 Å². The van der Waals surface area contributed by atoms with E-state index in [-0.39, 0.29) is 17.3 Å². The summed E-state index contributed by atoms with van der Waals surface area (Å²) in [4.78, 5) is 14.3. The molecule has 0 N–H and O–H groups in total. The van der Waals surface area contributed by atoms with Crippen molar-refractivity contribution in [2.24, 2.45) is 0 Å². The summed E-state index contributed by atoms with van der Waals surface area (Å²) < 4.78 is 10.5. The van der Waals surface area contributed by atoms with Gasteiger partial charge in [0.25, 0.3) is 11.6 Å².